The topological polar surface area (TPSA) is 180 Å². The predicted molar refractivity (Wildman–Crippen MR) is 169 cm³/mol. The van der Waals surface area contributed by atoms with Gasteiger partial charge >= 0.3 is 6.18 Å². The van der Waals surface area contributed by atoms with Crippen LogP contribution in [-0.4, -0.2) is 71.1 Å². The Hall–Kier alpha value is -5.24. The van der Waals surface area contributed by atoms with E-state index in [0.29, 0.717) is 24.0 Å². The van der Waals surface area contributed by atoms with Gasteiger partial charge in [0.1, 0.15) is 11.6 Å². The minimum Gasteiger partial charge on any atom is -0.382 e. The number of nitrogens with one attached hydrogen (secondary N) is 4. The van der Waals surface area contributed by atoms with E-state index in [-0.39, 0.29) is 6.42 Å². The summed E-state index contributed by atoms with van der Waals surface area (Å²) >= 11 is 0. The standard InChI is InChI=1S/C34H36F3N5O6/c35-34(36,37)29(45)25(15-16-27(38)43)40-28(44)20-39-31(47)26(19-21-7-3-1-4-8-21)41-32(48)33(17-18-33)42-30(46)24-13-11-23(12-14-24)22-9-5-2-6-10-22/h1-14,25-26,29,45H,15-20H2,(H2,38,43)(H,39,47)(H,40,44)(H,41,48)(H,42,46)/t25?,26-,29?/m0/s1. The summed E-state index contributed by atoms with van der Waals surface area (Å²) in [5, 5.41) is 19.4. The highest BCUT2D eigenvalue weighted by Gasteiger charge is 2.52. The van der Waals surface area contributed by atoms with Crippen LogP contribution in [-0.2, 0) is 25.6 Å². The first-order valence-electron chi connectivity index (χ1n) is 15.2. The largest absolute Gasteiger partial charge is 0.416 e. The Morgan fingerprint density at radius 3 is 1.98 bits per heavy atom. The molecule has 3 aromatic carbocycles. The Morgan fingerprint density at radius 2 is 1.42 bits per heavy atom. The quantitative estimate of drug-likeness (QED) is 0.145. The van der Waals surface area contributed by atoms with Crippen molar-refractivity contribution in [3.05, 3.63) is 96.1 Å². The van der Waals surface area contributed by atoms with Gasteiger partial charge in [-0.2, -0.15) is 13.2 Å². The van der Waals surface area contributed by atoms with Crippen LogP contribution < -0.4 is 27.0 Å². The SMILES string of the molecule is NC(=O)CCC(NC(=O)CNC(=O)[C@H](Cc1ccccc1)NC(=O)C1(NC(=O)c2ccc(-c3ccccc3)cc2)CC1)C(O)C(F)(F)F. The number of hydrogen-bond donors (Lipinski definition) is 6. The third-order valence-electron chi connectivity index (χ3n) is 7.88. The second-order valence-electron chi connectivity index (χ2n) is 11.6. The highest BCUT2D eigenvalue weighted by Crippen LogP contribution is 2.36. The van der Waals surface area contributed by atoms with E-state index in [9.17, 15) is 42.3 Å². The van der Waals surface area contributed by atoms with E-state index in [4.69, 9.17) is 5.73 Å². The summed E-state index contributed by atoms with van der Waals surface area (Å²) in [6, 6.07) is 22.0. The molecule has 0 aromatic heterocycles. The lowest BCUT2D eigenvalue weighted by Gasteiger charge is -2.26. The van der Waals surface area contributed by atoms with E-state index in [2.05, 4.69) is 16.0 Å². The van der Waals surface area contributed by atoms with E-state index in [1.807, 2.05) is 35.6 Å². The molecule has 1 aliphatic carbocycles. The Morgan fingerprint density at radius 1 is 0.833 bits per heavy atom. The molecule has 0 radical (unpaired) electrons. The molecule has 5 amide bonds. The molecule has 2 unspecified atom stereocenters. The summed E-state index contributed by atoms with van der Waals surface area (Å²) < 4.78 is 39.4. The molecule has 3 atom stereocenters. The Bertz CT molecular complexity index is 1600. The number of nitrogens with two attached hydrogens (primary N) is 1. The molecule has 0 spiro atoms. The molecule has 0 heterocycles. The van der Waals surface area contributed by atoms with Crippen LogP contribution >= 0.6 is 0 Å². The summed E-state index contributed by atoms with van der Waals surface area (Å²) in [5.74, 6) is -3.91. The molecule has 7 N–H and O–H groups in total. The maximum absolute atomic E-state index is 13.5. The van der Waals surface area contributed by atoms with E-state index in [0.717, 1.165) is 11.1 Å². The third kappa shape index (κ3) is 9.88. The minimum absolute atomic E-state index is 0.000961. The first-order chi connectivity index (χ1) is 22.8. The molecule has 0 saturated heterocycles. The van der Waals surface area contributed by atoms with Gasteiger partial charge in [-0.15, -0.1) is 0 Å². The first-order valence-corrected chi connectivity index (χ1v) is 15.2. The second kappa shape index (κ2) is 15.6. The zero-order chi connectivity index (χ0) is 34.9. The van der Waals surface area contributed by atoms with Gasteiger partial charge in [0.2, 0.25) is 23.6 Å². The van der Waals surface area contributed by atoms with Gasteiger partial charge in [0.05, 0.1) is 12.6 Å². The highest BCUT2D eigenvalue weighted by atomic mass is 19.4. The molecule has 4 rings (SSSR count). The average molecular weight is 668 g/mol. The average Bonchev–Trinajstić information content (AvgIpc) is 3.86. The maximum Gasteiger partial charge on any atom is 0.416 e. The summed E-state index contributed by atoms with van der Waals surface area (Å²) in [4.78, 5) is 63.4. The molecule has 11 nitrogen and oxygen atoms in total. The molecule has 0 aliphatic heterocycles. The van der Waals surface area contributed by atoms with E-state index in [1.54, 1.807) is 54.6 Å². The number of amides is 5. The second-order valence-corrected chi connectivity index (χ2v) is 11.6. The van der Waals surface area contributed by atoms with Crippen molar-refractivity contribution >= 4 is 29.5 Å². The van der Waals surface area contributed by atoms with Gasteiger partial charge in [-0.25, -0.2) is 0 Å². The monoisotopic (exact) mass is 667 g/mol. The van der Waals surface area contributed by atoms with Crippen LogP contribution in [0.4, 0.5) is 13.2 Å². The molecule has 1 aliphatic rings. The van der Waals surface area contributed by atoms with Gasteiger partial charge in [-0.1, -0.05) is 72.8 Å². The van der Waals surface area contributed by atoms with Crippen LogP contribution in [0.1, 0.15) is 41.6 Å². The first kappa shape index (κ1) is 35.6. The summed E-state index contributed by atoms with van der Waals surface area (Å²) in [7, 11) is 0. The molecule has 48 heavy (non-hydrogen) atoms. The van der Waals surface area contributed by atoms with Crippen LogP contribution in [0.2, 0.25) is 0 Å². The number of aliphatic hydroxyl groups is 1. The molecule has 0 bridgehead atoms. The molecule has 1 fully saturated rings. The minimum atomic E-state index is -5.09. The van der Waals surface area contributed by atoms with Crippen LogP contribution in [0.15, 0.2) is 84.9 Å². The van der Waals surface area contributed by atoms with E-state index >= 15 is 0 Å². The van der Waals surface area contributed by atoms with Gasteiger partial charge in [0.15, 0.2) is 6.10 Å². The number of halogens is 3. The molecular formula is C34H36F3N5O6. The van der Waals surface area contributed by atoms with Crippen molar-refractivity contribution in [1.82, 2.24) is 21.3 Å². The molecule has 254 valence electrons. The molecule has 1 saturated carbocycles. The van der Waals surface area contributed by atoms with Crippen molar-refractivity contribution in [2.24, 2.45) is 5.73 Å². The number of primary amides is 1. The maximum atomic E-state index is 13.5. The summed E-state index contributed by atoms with van der Waals surface area (Å²) in [6.45, 7) is -0.793. The number of rotatable bonds is 15. The number of aliphatic hydroxyl groups excluding tert-OH is 1. The number of carbonyl (C=O) groups excluding carboxylic acids is 5. The van der Waals surface area contributed by atoms with Crippen molar-refractivity contribution < 1.29 is 42.3 Å². The van der Waals surface area contributed by atoms with Crippen molar-refractivity contribution in [3.63, 3.8) is 0 Å². The fourth-order valence-electron chi connectivity index (χ4n) is 5.01. The van der Waals surface area contributed by atoms with Crippen LogP contribution in [0.25, 0.3) is 11.1 Å². The Kier molecular flexibility index (Phi) is 11.5. The van der Waals surface area contributed by atoms with Gasteiger partial charge in [-0.3, -0.25) is 24.0 Å². The van der Waals surface area contributed by atoms with E-state index in [1.165, 1.54) is 0 Å². The van der Waals surface area contributed by atoms with Crippen molar-refractivity contribution in [3.8, 4) is 11.1 Å². The zero-order valence-corrected chi connectivity index (χ0v) is 25.8. The summed E-state index contributed by atoms with van der Waals surface area (Å²) in [6.07, 6.45) is -8.55. The molecule has 3 aromatic rings. The fourth-order valence-corrected chi connectivity index (χ4v) is 5.01. The van der Waals surface area contributed by atoms with Gasteiger partial charge in [-0.05, 0) is 48.1 Å². The summed E-state index contributed by atoms with van der Waals surface area (Å²) in [5.41, 5.74) is 6.63. The highest BCUT2D eigenvalue weighted by molar-refractivity contribution is 6.02. The lowest BCUT2D eigenvalue weighted by Crippen LogP contribution is -2.57. The Balaban J connectivity index is 1.40. The molecule has 14 heteroatoms. The number of benzene rings is 3. The van der Waals surface area contributed by atoms with Crippen LogP contribution in [0, 0.1) is 0 Å². The predicted octanol–water partition coefficient (Wildman–Crippen LogP) is 2.13. The molecular weight excluding hydrogens is 631 g/mol. The lowest BCUT2D eigenvalue weighted by molar-refractivity contribution is -0.212. The van der Waals surface area contributed by atoms with Gasteiger partial charge in [0, 0.05) is 18.4 Å². The zero-order valence-electron chi connectivity index (χ0n) is 25.8. The Labute approximate surface area is 274 Å². The fraction of sp³-hybridized carbons (Fsp3) is 0.324. The van der Waals surface area contributed by atoms with Crippen molar-refractivity contribution in [1.29, 1.82) is 0 Å². The van der Waals surface area contributed by atoms with Crippen molar-refractivity contribution in [2.75, 3.05) is 6.54 Å². The normalized spacial score (nSPS) is 15.2. The number of alkyl halides is 3. The van der Waals surface area contributed by atoms with Crippen molar-refractivity contribution in [2.45, 2.75) is 62.0 Å². The van der Waals surface area contributed by atoms with Crippen LogP contribution in [0.5, 0.6) is 0 Å². The van der Waals surface area contributed by atoms with E-state index < -0.39 is 78.8 Å². The smallest absolute Gasteiger partial charge is 0.382 e. The number of carbonyl (C=O) groups is 5. The number of hydrogen-bond acceptors (Lipinski definition) is 6. The van der Waals surface area contributed by atoms with Crippen LogP contribution in [0.3, 0.4) is 0 Å². The van der Waals surface area contributed by atoms with Gasteiger partial charge < -0.3 is 32.1 Å². The lowest BCUT2D eigenvalue weighted by atomic mass is 10.0. The third-order valence-corrected chi connectivity index (χ3v) is 7.88. The van der Waals surface area contributed by atoms with Gasteiger partial charge in [0.25, 0.3) is 5.91 Å².